The summed E-state index contributed by atoms with van der Waals surface area (Å²) in [4.78, 5) is 14.1. The predicted octanol–water partition coefficient (Wildman–Crippen LogP) is 7.09. The van der Waals surface area contributed by atoms with Crippen LogP contribution in [0.2, 0.25) is 0 Å². The minimum atomic E-state index is -4.23. The maximum absolute atomic E-state index is 12.9. The van der Waals surface area contributed by atoms with E-state index in [2.05, 4.69) is 56.6 Å². The average molecular weight is 529 g/mol. The third-order valence-corrected chi connectivity index (χ3v) is 8.58. The highest BCUT2D eigenvalue weighted by Gasteiger charge is 2.31. The van der Waals surface area contributed by atoms with E-state index in [0.29, 0.717) is 22.1 Å². The fourth-order valence-corrected chi connectivity index (χ4v) is 6.55. The Kier molecular flexibility index (Phi) is 7.50. The number of benzene rings is 2. The summed E-state index contributed by atoms with van der Waals surface area (Å²) in [6, 6.07) is 21.3. The SMILES string of the molecule is CN(c1ncnc2sc(CC(F)(F)F)cc12)C1CCC(NCc2ccc(Sc3ccccc3)cc2)C1. The first-order valence-electron chi connectivity index (χ1n) is 11.9. The van der Waals surface area contributed by atoms with Crippen molar-refractivity contribution in [3.8, 4) is 0 Å². The van der Waals surface area contributed by atoms with Gasteiger partial charge in [-0.05, 0) is 55.2 Å². The molecule has 1 aliphatic carbocycles. The molecule has 4 aromatic rings. The molecule has 9 heteroatoms. The summed E-state index contributed by atoms with van der Waals surface area (Å²) in [5.74, 6) is 0.710. The zero-order valence-corrected chi connectivity index (χ0v) is 21.5. The zero-order chi connectivity index (χ0) is 25.1. The van der Waals surface area contributed by atoms with Crippen LogP contribution in [-0.2, 0) is 13.0 Å². The molecule has 1 N–H and O–H groups in total. The Bertz CT molecular complexity index is 1290. The molecule has 1 aliphatic rings. The highest BCUT2D eigenvalue weighted by molar-refractivity contribution is 7.99. The number of thiophene rings is 1. The molecule has 5 rings (SSSR count). The number of aromatic nitrogens is 2. The molecular weight excluding hydrogens is 501 g/mol. The van der Waals surface area contributed by atoms with Gasteiger partial charge < -0.3 is 10.2 Å². The lowest BCUT2D eigenvalue weighted by Gasteiger charge is -2.26. The van der Waals surface area contributed by atoms with E-state index in [9.17, 15) is 13.2 Å². The van der Waals surface area contributed by atoms with Crippen molar-refractivity contribution in [2.45, 2.75) is 60.3 Å². The van der Waals surface area contributed by atoms with Gasteiger partial charge in [-0.25, -0.2) is 9.97 Å². The van der Waals surface area contributed by atoms with Crippen molar-refractivity contribution in [3.05, 3.63) is 77.4 Å². The number of nitrogens with one attached hydrogen (secondary N) is 1. The van der Waals surface area contributed by atoms with Gasteiger partial charge in [0, 0.05) is 40.3 Å². The fourth-order valence-electron chi connectivity index (χ4n) is 4.69. The minimum absolute atomic E-state index is 0.270. The molecule has 2 aromatic heterocycles. The van der Waals surface area contributed by atoms with Crippen molar-refractivity contribution in [2.75, 3.05) is 11.9 Å². The van der Waals surface area contributed by atoms with E-state index in [0.717, 1.165) is 37.1 Å². The number of hydrogen-bond donors (Lipinski definition) is 1. The lowest BCUT2D eigenvalue weighted by atomic mass is 10.1. The molecule has 0 saturated heterocycles. The first kappa shape index (κ1) is 25.0. The summed E-state index contributed by atoms with van der Waals surface area (Å²) in [6.45, 7) is 0.806. The number of alkyl halides is 3. The highest BCUT2D eigenvalue weighted by atomic mass is 32.2. The Labute approximate surface area is 217 Å². The van der Waals surface area contributed by atoms with Gasteiger partial charge in [0.1, 0.15) is 17.0 Å². The molecule has 188 valence electrons. The van der Waals surface area contributed by atoms with Gasteiger partial charge in [0.25, 0.3) is 0 Å². The quantitative estimate of drug-likeness (QED) is 0.264. The van der Waals surface area contributed by atoms with Crippen LogP contribution in [0.25, 0.3) is 10.2 Å². The van der Waals surface area contributed by atoms with E-state index in [1.807, 2.05) is 25.2 Å². The Morgan fingerprint density at radius 1 is 1.03 bits per heavy atom. The van der Waals surface area contributed by atoms with Crippen LogP contribution in [0.3, 0.4) is 0 Å². The molecule has 2 aromatic carbocycles. The Morgan fingerprint density at radius 2 is 1.78 bits per heavy atom. The van der Waals surface area contributed by atoms with Crippen LogP contribution in [0.4, 0.5) is 19.0 Å². The van der Waals surface area contributed by atoms with Gasteiger partial charge in [-0.1, -0.05) is 42.1 Å². The van der Waals surface area contributed by atoms with Gasteiger partial charge in [0.05, 0.1) is 11.8 Å². The minimum Gasteiger partial charge on any atom is -0.356 e. The van der Waals surface area contributed by atoms with E-state index in [-0.39, 0.29) is 10.9 Å². The third-order valence-electron chi connectivity index (χ3n) is 6.52. The standard InChI is InChI=1S/C27H27F3N4S2/c1-34(25-24-14-23(15-27(28,29)30)36-26(24)33-17-32-25)20-10-9-19(13-20)31-16-18-7-11-22(12-8-18)35-21-5-3-2-4-6-21/h2-8,11-12,14,17,19-20,31H,9-10,13,15-16H2,1H3. The van der Waals surface area contributed by atoms with E-state index in [1.54, 1.807) is 17.8 Å². The van der Waals surface area contributed by atoms with Crippen molar-refractivity contribution in [1.82, 2.24) is 15.3 Å². The number of nitrogens with zero attached hydrogens (tertiary/aromatic N) is 3. The zero-order valence-electron chi connectivity index (χ0n) is 19.8. The van der Waals surface area contributed by atoms with Gasteiger partial charge in [-0.15, -0.1) is 11.3 Å². The van der Waals surface area contributed by atoms with Crippen molar-refractivity contribution in [2.24, 2.45) is 0 Å². The molecular formula is C27H27F3N4S2. The van der Waals surface area contributed by atoms with Crippen molar-refractivity contribution < 1.29 is 13.2 Å². The number of hydrogen-bond acceptors (Lipinski definition) is 6. The number of halogens is 3. The average Bonchev–Trinajstić information content (AvgIpc) is 3.49. The molecule has 2 atom stereocenters. The molecule has 0 spiro atoms. The monoisotopic (exact) mass is 528 g/mol. The Hall–Kier alpha value is -2.62. The van der Waals surface area contributed by atoms with Gasteiger partial charge in [-0.2, -0.15) is 13.2 Å². The second-order valence-electron chi connectivity index (χ2n) is 9.14. The molecule has 2 heterocycles. The van der Waals surface area contributed by atoms with Gasteiger partial charge in [-0.3, -0.25) is 0 Å². The van der Waals surface area contributed by atoms with Crippen LogP contribution < -0.4 is 10.2 Å². The molecule has 0 amide bonds. The second kappa shape index (κ2) is 10.8. The van der Waals surface area contributed by atoms with E-state index in [4.69, 9.17) is 0 Å². The van der Waals surface area contributed by atoms with Crippen molar-refractivity contribution in [3.63, 3.8) is 0 Å². The topological polar surface area (TPSA) is 41.1 Å². The molecule has 1 saturated carbocycles. The molecule has 2 unspecified atom stereocenters. The summed E-state index contributed by atoms with van der Waals surface area (Å²) in [6.07, 6.45) is -0.694. The van der Waals surface area contributed by atoms with E-state index >= 15 is 0 Å². The molecule has 0 aliphatic heterocycles. The van der Waals surface area contributed by atoms with E-state index < -0.39 is 12.6 Å². The highest BCUT2D eigenvalue weighted by Crippen LogP contribution is 2.36. The fraction of sp³-hybridized carbons (Fsp3) is 0.333. The lowest BCUT2D eigenvalue weighted by molar-refractivity contribution is -0.126. The van der Waals surface area contributed by atoms with Crippen LogP contribution in [-0.4, -0.2) is 35.3 Å². The largest absolute Gasteiger partial charge is 0.393 e. The second-order valence-corrected chi connectivity index (χ2v) is 11.4. The molecule has 1 fully saturated rings. The first-order chi connectivity index (χ1) is 17.3. The molecule has 0 radical (unpaired) electrons. The summed E-state index contributed by atoms with van der Waals surface area (Å²) < 4.78 is 38.6. The summed E-state index contributed by atoms with van der Waals surface area (Å²) >= 11 is 2.85. The number of fused-ring (bicyclic) bond motifs is 1. The predicted molar refractivity (Wildman–Crippen MR) is 141 cm³/mol. The molecule has 4 nitrogen and oxygen atoms in total. The summed E-state index contributed by atoms with van der Waals surface area (Å²) in [7, 11) is 1.99. The van der Waals surface area contributed by atoms with Crippen LogP contribution in [0.5, 0.6) is 0 Å². The maximum atomic E-state index is 12.9. The Balaban J connectivity index is 1.17. The third kappa shape index (κ3) is 6.19. The maximum Gasteiger partial charge on any atom is 0.393 e. The smallest absolute Gasteiger partial charge is 0.356 e. The lowest BCUT2D eigenvalue weighted by Crippen LogP contribution is -2.33. The van der Waals surface area contributed by atoms with Gasteiger partial charge >= 0.3 is 6.18 Å². The van der Waals surface area contributed by atoms with Gasteiger partial charge in [0.15, 0.2) is 0 Å². The number of anilines is 1. The molecule has 0 bridgehead atoms. The van der Waals surface area contributed by atoms with Crippen LogP contribution in [0.1, 0.15) is 29.7 Å². The first-order valence-corrected chi connectivity index (χ1v) is 13.6. The van der Waals surface area contributed by atoms with Crippen molar-refractivity contribution >= 4 is 39.1 Å². The van der Waals surface area contributed by atoms with Crippen LogP contribution in [0, 0.1) is 0 Å². The van der Waals surface area contributed by atoms with Crippen molar-refractivity contribution in [1.29, 1.82) is 0 Å². The van der Waals surface area contributed by atoms with Crippen LogP contribution in [0.15, 0.2) is 76.8 Å². The summed E-state index contributed by atoms with van der Waals surface area (Å²) in [5.41, 5.74) is 1.25. The Morgan fingerprint density at radius 3 is 2.53 bits per heavy atom. The number of rotatable bonds is 8. The van der Waals surface area contributed by atoms with Crippen LogP contribution >= 0.6 is 23.1 Å². The summed E-state index contributed by atoms with van der Waals surface area (Å²) in [5, 5.41) is 4.38. The van der Waals surface area contributed by atoms with Gasteiger partial charge in [0.2, 0.25) is 0 Å². The molecule has 36 heavy (non-hydrogen) atoms. The van der Waals surface area contributed by atoms with E-state index in [1.165, 1.54) is 21.7 Å². The normalized spacial score (nSPS) is 18.1.